The molecule has 0 bridgehead atoms. The number of hydrogen-bond acceptors (Lipinski definition) is 2. The Balaban J connectivity index is 2.51. The third-order valence-electron chi connectivity index (χ3n) is 1.71. The standard InChI is InChI=1S/C10H17N2O/c1-10(2,3)11-8-9-4-6-12(13)7-5-9/h4-7,11,13H,8H2,1-3H3/q+1. The van der Waals surface area contributed by atoms with E-state index in [1.54, 1.807) is 12.4 Å². The lowest BCUT2D eigenvalue weighted by Gasteiger charge is -2.20. The van der Waals surface area contributed by atoms with Gasteiger partial charge in [-0.05, 0) is 26.3 Å². The van der Waals surface area contributed by atoms with Gasteiger partial charge in [-0.2, -0.15) is 0 Å². The third-order valence-corrected chi connectivity index (χ3v) is 1.71. The van der Waals surface area contributed by atoms with Gasteiger partial charge >= 0.3 is 0 Å². The zero-order valence-corrected chi connectivity index (χ0v) is 8.41. The van der Waals surface area contributed by atoms with Crippen LogP contribution in [0.25, 0.3) is 0 Å². The van der Waals surface area contributed by atoms with Gasteiger partial charge < -0.3 is 5.32 Å². The van der Waals surface area contributed by atoms with Gasteiger partial charge in [0.1, 0.15) is 0 Å². The highest BCUT2D eigenvalue weighted by Gasteiger charge is 2.08. The molecule has 0 saturated heterocycles. The summed E-state index contributed by atoms with van der Waals surface area (Å²) in [6.07, 6.45) is 3.25. The van der Waals surface area contributed by atoms with Crippen molar-refractivity contribution in [3.8, 4) is 0 Å². The largest absolute Gasteiger partial charge is 0.308 e. The molecule has 0 aliphatic heterocycles. The molecule has 0 spiro atoms. The zero-order valence-electron chi connectivity index (χ0n) is 8.41. The highest BCUT2D eigenvalue weighted by Crippen LogP contribution is 2.02. The minimum atomic E-state index is 0.130. The predicted molar refractivity (Wildman–Crippen MR) is 50.4 cm³/mol. The van der Waals surface area contributed by atoms with E-state index in [1.807, 2.05) is 12.1 Å². The summed E-state index contributed by atoms with van der Waals surface area (Å²) >= 11 is 0. The van der Waals surface area contributed by atoms with Crippen LogP contribution in [0.5, 0.6) is 0 Å². The van der Waals surface area contributed by atoms with Crippen LogP contribution < -0.4 is 10.0 Å². The summed E-state index contributed by atoms with van der Waals surface area (Å²) in [5, 5.41) is 12.3. The Bertz CT molecular complexity index is 261. The summed E-state index contributed by atoms with van der Waals surface area (Å²) in [5.41, 5.74) is 1.30. The van der Waals surface area contributed by atoms with Crippen LogP contribution in [0.15, 0.2) is 24.5 Å². The first-order chi connectivity index (χ1) is 5.97. The third kappa shape index (κ3) is 3.90. The second-order valence-corrected chi connectivity index (χ2v) is 4.19. The van der Waals surface area contributed by atoms with Crippen molar-refractivity contribution in [3.05, 3.63) is 30.1 Å². The molecule has 0 saturated carbocycles. The smallest absolute Gasteiger partial charge is 0.222 e. The van der Waals surface area contributed by atoms with Crippen molar-refractivity contribution in [2.45, 2.75) is 32.9 Å². The Hall–Kier alpha value is -1.09. The van der Waals surface area contributed by atoms with E-state index in [0.29, 0.717) is 0 Å². The molecule has 0 atom stereocenters. The van der Waals surface area contributed by atoms with E-state index in [9.17, 15) is 0 Å². The second kappa shape index (κ2) is 3.75. The Labute approximate surface area is 79.0 Å². The maximum atomic E-state index is 8.98. The van der Waals surface area contributed by atoms with Gasteiger partial charge in [-0.3, -0.25) is 5.21 Å². The highest BCUT2D eigenvalue weighted by atomic mass is 16.5. The molecule has 1 heterocycles. The summed E-state index contributed by atoms with van der Waals surface area (Å²) in [6.45, 7) is 7.21. The van der Waals surface area contributed by atoms with Crippen molar-refractivity contribution in [1.82, 2.24) is 5.32 Å². The van der Waals surface area contributed by atoms with E-state index in [1.165, 1.54) is 5.56 Å². The summed E-state index contributed by atoms with van der Waals surface area (Å²) in [5.74, 6) is 0. The fourth-order valence-corrected chi connectivity index (χ4v) is 0.935. The minimum Gasteiger partial charge on any atom is -0.308 e. The first-order valence-corrected chi connectivity index (χ1v) is 4.42. The quantitative estimate of drug-likeness (QED) is 0.529. The van der Waals surface area contributed by atoms with Crippen molar-refractivity contribution in [3.63, 3.8) is 0 Å². The highest BCUT2D eigenvalue weighted by molar-refractivity contribution is 5.07. The van der Waals surface area contributed by atoms with Gasteiger partial charge in [0.25, 0.3) is 0 Å². The first kappa shape index (κ1) is 9.99. The summed E-state index contributed by atoms with van der Waals surface area (Å²) < 4.78 is 1.04. The van der Waals surface area contributed by atoms with Crippen LogP contribution in [0.4, 0.5) is 0 Å². The Morgan fingerprint density at radius 1 is 1.31 bits per heavy atom. The normalized spacial score (nSPS) is 11.6. The predicted octanol–water partition coefficient (Wildman–Crippen LogP) is 1.10. The van der Waals surface area contributed by atoms with Crippen molar-refractivity contribution in [1.29, 1.82) is 0 Å². The van der Waals surface area contributed by atoms with Gasteiger partial charge in [0.15, 0.2) is 0 Å². The molecule has 0 radical (unpaired) electrons. The van der Waals surface area contributed by atoms with Crippen LogP contribution in [-0.4, -0.2) is 10.7 Å². The zero-order chi connectivity index (χ0) is 9.90. The monoisotopic (exact) mass is 181 g/mol. The molecule has 1 aromatic heterocycles. The van der Waals surface area contributed by atoms with Gasteiger partial charge in [0.05, 0.1) is 0 Å². The molecule has 1 aromatic rings. The van der Waals surface area contributed by atoms with Crippen molar-refractivity contribution >= 4 is 0 Å². The van der Waals surface area contributed by atoms with Crippen LogP contribution in [0.1, 0.15) is 26.3 Å². The second-order valence-electron chi connectivity index (χ2n) is 4.19. The number of hydrogen-bond donors (Lipinski definition) is 2. The van der Waals surface area contributed by atoms with Crippen LogP contribution >= 0.6 is 0 Å². The van der Waals surface area contributed by atoms with Gasteiger partial charge in [0.2, 0.25) is 12.4 Å². The SMILES string of the molecule is CC(C)(C)NCc1cc[n+](O)cc1. The molecule has 0 aliphatic rings. The molecule has 1 rings (SSSR count). The van der Waals surface area contributed by atoms with E-state index in [0.717, 1.165) is 11.3 Å². The molecule has 13 heavy (non-hydrogen) atoms. The van der Waals surface area contributed by atoms with Gasteiger partial charge in [-0.1, -0.05) is 0 Å². The number of rotatable bonds is 2. The molecule has 3 nitrogen and oxygen atoms in total. The van der Waals surface area contributed by atoms with E-state index >= 15 is 0 Å². The van der Waals surface area contributed by atoms with E-state index in [2.05, 4.69) is 26.1 Å². The van der Waals surface area contributed by atoms with E-state index < -0.39 is 0 Å². The average molecular weight is 181 g/mol. The topological polar surface area (TPSA) is 36.1 Å². The minimum absolute atomic E-state index is 0.130. The fourth-order valence-electron chi connectivity index (χ4n) is 0.935. The van der Waals surface area contributed by atoms with Crippen LogP contribution in [0, 0.1) is 0 Å². The van der Waals surface area contributed by atoms with Gasteiger partial charge in [-0.15, -0.1) is 0 Å². The molecular weight excluding hydrogens is 164 g/mol. The number of nitrogens with one attached hydrogen (secondary N) is 1. The van der Waals surface area contributed by atoms with E-state index in [-0.39, 0.29) is 5.54 Å². The van der Waals surface area contributed by atoms with Crippen molar-refractivity contribution in [2.24, 2.45) is 0 Å². The average Bonchev–Trinajstić information content (AvgIpc) is 2.02. The lowest BCUT2D eigenvalue weighted by atomic mass is 10.1. The lowest BCUT2D eigenvalue weighted by molar-refractivity contribution is -0.904. The molecule has 0 fully saturated rings. The Morgan fingerprint density at radius 3 is 2.31 bits per heavy atom. The maximum Gasteiger partial charge on any atom is 0.222 e. The lowest BCUT2D eigenvalue weighted by Crippen LogP contribution is -2.35. The fraction of sp³-hybridized carbons (Fsp3) is 0.500. The molecule has 2 N–H and O–H groups in total. The van der Waals surface area contributed by atoms with Crippen LogP contribution in [-0.2, 0) is 6.54 Å². The number of nitrogens with zero attached hydrogens (tertiary/aromatic N) is 1. The van der Waals surface area contributed by atoms with E-state index in [4.69, 9.17) is 5.21 Å². The van der Waals surface area contributed by atoms with Crippen LogP contribution in [0.3, 0.4) is 0 Å². The summed E-state index contributed by atoms with van der Waals surface area (Å²) in [4.78, 5) is 0. The van der Waals surface area contributed by atoms with Crippen LogP contribution in [0.2, 0.25) is 0 Å². The molecule has 72 valence electrons. The molecule has 0 unspecified atom stereocenters. The van der Waals surface area contributed by atoms with Gasteiger partial charge in [0, 0.05) is 28.9 Å². The summed E-state index contributed by atoms with van der Waals surface area (Å²) in [7, 11) is 0. The van der Waals surface area contributed by atoms with Gasteiger partial charge in [-0.25, -0.2) is 0 Å². The molecular formula is C10H17N2O+. The molecule has 3 heteroatoms. The number of aromatic nitrogens is 1. The van der Waals surface area contributed by atoms with Crippen molar-refractivity contribution in [2.75, 3.05) is 0 Å². The number of pyridine rings is 1. The Kier molecular flexibility index (Phi) is 2.88. The molecule has 0 aliphatic carbocycles. The van der Waals surface area contributed by atoms with Crippen molar-refractivity contribution < 1.29 is 9.94 Å². The Morgan fingerprint density at radius 2 is 1.85 bits per heavy atom. The summed E-state index contributed by atoms with van der Waals surface area (Å²) in [6, 6.07) is 3.78. The first-order valence-electron chi connectivity index (χ1n) is 4.42. The maximum absolute atomic E-state index is 8.98. The molecule has 0 amide bonds. The molecule has 0 aromatic carbocycles.